The Balaban J connectivity index is 1.80. The highest BCUT2D eigenvalue weighted by Crippen LogP contribution is 2.31. The molecule has 0 aliphatic rings. The van der Waals surface area contributed by atoms with Crippen LogP contribution in [0.25, 0.3) is 5.69 Å². The number of alkyl halides is 3. The fourth-order valence-electron chi connectivity index (χ4n) is 3.23. The van der Waals surface area contributed by atoms with Crippen LogP contribution < -0.4 is 0 Å². The Hall–Kier alpha value is -2.80. The largest absolute Gasteiger partial charge is 0.416 e. The van der Waals surface area contributed by atoms with Gasteiger partial charge in [0, 0.05) is 29.9 Å². The molecule has 8 heteroatoms. The van der Waals surface area contributed by atoms with Crippen molar-refractivity contribution < 1.29 is 18.0 Å². The second-order valence-corrected chi connectivity index (χ2v) is 7.60. The zero-order valence-corrected chi connectivity index (χ0v) is 17.6. The van der Waals surface area contributed by atoms with E-state index < -0.39 is 11.7 Å². The molecular weight excluding hydrogens is 415 g/mol. The van der Waals surface area contributed by atoms with Crippen LogP contribution in [0.2, 0.25) is 5.02 Å². The standard InChI is InChI=1S/C22H21ClF3N3O/c1-14-20(12-21(30)28(3)13-16-7-9-18(23)10-8-16)15(2)29(27-14)19-6-4-5-17(11-19)22(24,25)26/h4-11H,12-13H2,1-3H3. The Morgan fingerprint density at radius 1 is 1.13 bits per heavy atom. The molecule has 30 heavy (non-hydrogen) atoms. The molecule has 0 fully saturated rings. The molecule has 0 aliphatic carbocycles. The van der Waals surface area contributed by atoms with Crippen molar-refractivity contribution in [3.8, 4) is 5.69 Å². The smallest absolute Gasteiger partial charge is 0.341 e. The predicted octanol–water partition coefficient (Wildman–Crippen LogP) is 5.36. The number of benzene rings is 2. The normalized spacial score (nSPS) is 11.6. The van der Waals surface area contributed by atoms with Gasteiger partial charge in [-0.25, -0.2) is 4.68 Å². The van der Waals surface area contributed by atoms with Gasteiger partial charge >= 0.3 is 6.18 Å². The molecule has 0 N–H and O–H groups in total. The summed E-state index contributed by atoms with van der Waals surface area (Å²) in [6.07, 6.45) is -4.32. The molecule has 1 heterocycles. The van der Waals surface area contributed by atoms with Gasteiger partial charge in [-0.05, 0) is 49.7 Å². The molecule has 0 saturated heterocycles. The molecule has 2 aromatic carbocycles. The van der Waals surface area contributed by atoms with E-state index in [4.69, 9.17) is 11.6 Å². The van der Waals surface area contributed by atoms with Crippen molar-refractivity contribution in [1.29, 1.82) is 0 Å². The third-order valence-electron chi connectivity index (χ3n) is 4.95. The summed E-state index contributed by atoms with van der Waals surface area (Å²) in [5.41, 5.74) is 2.47. The second-order valence-electron chi connectivity index (χ2n) is 7.16. The number of amides is 1. The van der Waals surface area contributed by atoms with Gasteiger partial charge in [0.05, 0.1) is 23.4 Å². The molecule has 0 aliphatic heterocycles. The lowest BCUT2D eigenvalue weighted by molar-refractivity contribution is -0.137. The first-order chi connectivity index (χ1) is 14.1. The number of hydrogen-bond donors (Lipinski definition) is 0. The van der Waals surface area contributed by atoms with Gasteiger partial charge in [0.25, 0.3) is 0 Å². The third-order valence-corrected chi connectivity index (χ3v) is 5.20. The highest BCUT2D eigenvalue weighted by atomic mass is 35.5. The summed E-state index contributed by atoms with van der Waals surface area (Å²) < 4.78 is 40.6. The Kier molecular flexibility index (Phi) is 6.22. The van der Waals surface area contributed by atoms with E-state index in [-0.39, 0.29) is 12.3 Å². The number of hydrogen-bond acceptors (Lipinski definition) is 2. The SMILES string of the molecule is Cc1nn(-c2cccc(C(F)(F)F)c2)c(C)c1CC(=O)N(C)Cc1ccc(Cl)cc1. The van der Waals surface area contributed by atoms with E-state index in [1.807, 2.05) is 12.1 Å². The van der Waals surface area contributed by atoms with Crippen LogP contribution in [-0.4, -0.2) is 27.6 Å². The summed E-state index contributed by atoms with van der Waals surface area (Å²) in [7, 11) is 1.71. The van der Waals surface area contributed by atoms with Gasteiger partial charge in [0.1, 0.15) is 0 Å². The Morgan fingerprint density at radius 2 is 1.80 bits per heavy atom. The van der Waals surface area contributed by atoms with Crippen molar-refractivity contribution in [1.82, 2.24) is 14.7 Å². The van der Waals surface area contributed by atoms with Gasteiger partial charge in [-0.2, -0.15) is 18.3 Å². The molecule has 0 spiro atoms. The molecule has 0 bridgehead atoms. The molecule has 0 saturated carbocycles. The fraction of sp³-hybridized carbons (Fsp3) is 0.273. The molecule has 158 valence electrons. The predicted molar refractivity (Wildman–Crippen MR) is 110 cm³/mol. The Bertz CT molecular complexity index is 1060. The molecule has 0 atom stereocenters. The van der Waals surface area contributed by atoms with Crippen LogP contribution in [0, 0.1) is 13.8 Å². The van der Waals surface area contributed by atoms with Crippen molar-refractivity contribution in [2.75, 3.05) is 7.05 Å². The van der Waals surface area contributed by atoms with Crippen molar-refractivity contribution in [2.24, 2.45) is 0 Å². The quantitative estimate of drug-likeness (QED) is 0.541. The molecule has 3 aromatic rings. The van der Waals surface area contributed by atoms with Crippen LogP contribution in [0.1, 0.15) is 28.1 Å². The van der Waals surface area contributed by atoms with Gasteiger partial charge in [0.2, 0.25) is 5.91 Å². The molecule has 1 amide bonds. The van der Waals surface area contributed by atoms with Crippen LogP contribution >= 0.6 is 11.6 Å². The zero-order chi connectivity index (χ0) is 22.1. The lowest BCUT2D eigenvalue weighted by Gasteiger charge is -2.17. The van der Waals surface area contributed by atoms with Gasteiger partial charge in [-0.15, -0.1) is 0 Å². The first kappa shape index (κ1) is 21.9. The third kappa shape index (κ3) is 4.84. The average Bonchev–Trinajstić information content (AvgIpc) is 2.97. The summed E-state index contributed by atoms with van der Waals surface area (Å²) >= 11 is 5.89. The number of halogens is 4. The molecule has 0 radical (unpaired) electrons. The minimum absolute atomic E-state index is 0.111. The molecular formula is C22H21ClF3N3O. The minimum Gasteiger partial charge on any atom is -0.341 e. The van der Waals surface area contributed by atoms with Gasteiger partial charge in [0.15, 0.2) is 0 Å². The molecule has 4 nitrogen and oxygen atoms in total. The number of aromatic nitrogens is 2. The number of rotatable bonds is 5. The first-order valence-electron chi connectivity index (χ1n) is 9.27. The number of nitrogens with zero attached hydrogens (tertiary/aromatic N) is 3. The molecule has 0 unspecified atom stereocenters. The Labute approximate surface area is 177 Å². The zero-order valence-electron chi connectivity index (χ0n) is 16.8. The summed E-state index contributed by atoms with van der Waals surface area (Å²) in [4.78, 5) is 14.3. The second kappa shape index (κ2) is 8.52. The van der Waals surface area contributed by atoms with Gasteiger partial charge in [-0.3, -0.25) is 4.79 Å². The van der Waals surface area contributed by atoms with E-state index in [0.717, 1.165) is 17.7 Å². The van der Waals surface area contributed by atoms with Crippen molar-refractivity contribution >= 4 is 17.5 Å². The highest BCUT2D eigenvalue weighted by Gasteiger charge is 2.31. The van der Waals surface area contributed by atoms with Crippen molar-refractivity contribution in [2.45, 2.75) is 33.0 Å². The molecule has 3 rings (SSSR count). The van der Waals surface area contributed by atoms with E-state index in [1.165, 1.54) is 10.7 Å². The fourth-order valence-corrected chi connectivity index (χ4v) is 3.36. The maximum atomic E-state index is 13.0. The minimum atomic E-state index is -4.44. The summed E-state index contributed by atoms with van der Waals surface area (Å²) in [5.74, 6) is -0.111. The van der Waals surface area contributed by atoms with Crippen molar-refractivity contribution in [3.05, 3.63) is 81.6 Å². The number of carbonyl (C=O) groups excluding carboxylic acids is 1. The van der Waals surface area contributed by atoms with E-state index in [0.29, 0.717) is 34.2 Å². The van der Waals surface area contributed by atoms with Gasteiger partial charge < -0.3 is 4.90 Å². The summed E-state index contributed by atoms with van der Waals surface area (Å²) in [5, 5.41) is 5.00. The van der Waals surface area contributed by atoms with E-state index in [9.17, 15) is 18.0 Å². The maximum absolute atomic E-state index is 13.0. The monoisotopic (exact) mass is 435 g/mol. The lowest BCUT2D eigenvalue weighted by atomic mass is 10.1. The van der Waals surface area contributed by atoms with Crippen LogP contribution in [-0.2, 0) is 23.9 Å². The highest BCUT2D eigenvalue weighted by molar-refractivity contribution is 6.30. The average molecular weight is 436 g/mol. The first-order valence-corrected chi connectivity index (χ1v) is 9.65. The van der Waals surface area contributed by atoms with Gasteiger partial charge in [-0.1, -0.05) is 29.8 Å². The lowest BCUT2D eigenvalue weighted by Crippen LogP contribution is -2.28. The van der Waals surface area contributed by atoms with E-state index in [1.54, 1.807) is 44.0 Å². The van der Waals surface area contributed by atoms with E-state index in [2.05, 4.69) is 5.10 Å². The van der Waals surface area contributed by atoms with Crippen molar-refractivity contribution in [3.63, 3.8) is 0 Å². The Morgan fingerprint density at radius 3 is 2.43 bits per heavy atom. The number of aryl methyl sites for hydroxylation is 1. The van der Waals surface area contributed by atoms with Crippen LogP contribution in [0.5, 0.6) is 0 Å². The van der Waals surface area contributed by atoms with Crippen LogP contribution in [0.4, 0.5) is 13.2 Å². The van der Waals surface area contributed by atoms with Crippen LogP contribution in [0.15, 0.2) is 48.5 Å². The number of carbonyl (C=O) groups is 1. The number of likely N-dealkylation sites (N-methyl/N-ethyl adjacent to an activating group) is 1. The topological polar surface area (TPSA) is 38.1 Å². The molecule has 1 aromatic heterocycles. The summed E-state index contributed by atoms with van der Waals surface area (Å²) in [6.45, 7) is 3.93. The van der Waals surface area contributed by atoms with Crippen LogP contribution in [0.3, 0.4) is 0 Å². The maximum Gasteiger partial charge on any atom is 0.416 e. The van der Waals surface area contributed by atoms with E-state index >= 15 is 0 Å². The summed E-state index contributed by atoms with van der Waals surface area (Å²) in [6, 6.07) is 12.2.